The van der Waals surface area contributed by atoms with Crippen molar-refractivity contribution in [2.24, 2.45) is 11.1 Å². The summed E-state index contributed by atoms with van der Waals surface area (Å²) < 4.78 is 0. The van der Waals surface area contributed by atoms with Gasteiger partial charge in [0.15, 0.2) is 0 Å². The number of nitrogens with one attached hydrogen (secondary N) is 2. The minimum atomic E-state index is -0.493. The van der Waals surface area contributed by atoms with Crippen LogP contribution in [0, 0.1) is 12.3 Å². The summed E-state index contributed by atoms with van der Waals surface area (Å²) in [4.78, 5) is 28.6. The van der Waals surface area contributed by atoms with Crippen molar-refractivity contribution in [2.45, 2.75) is 34.2 Å². The Morgan fingerprint density at radius 2 is 1.92 bits per heavy atom. The summed E-state index contributed by atoms with van der Waals surface area (Å²) in [5.41, 5.74) is 7.53. The second-order valence-electron chi connectivity index (χ2n) is 6.52. The van der Waals surface area contributed by atoms with Crippen molar-refractivity contribution in [3.63, 3.8) is 0 Å². The van der Waals surface area contributed by atoms with Gasteiger partial charge in [-0.1, -0.05) is 26.8 Å². The van der Waals surface area contributed by atoms with E-state index in [1.807, 2.05) is 39.8 Å². The summed E-state index contributed by atoms with van der Waals surface area (Å²) in [5.74, 6) is -0.385. The van der Waals surface area contributed by atoms with Crippen LogP contribution in [0.2, 0.25) is 0 Å². The number of nitrogens with zero attached hydrogens (tertiary/aromatic N) is 1. The molecule has 0 unspecified atom stereocenters. The number of carbonyl (C=O) groups excluding carboxylic acids is 2. The maximum atomic E-state index is 12.3. The van der Waals surface area contributed by atoms with Crippen molar-refractivity contribution in [3.05, 3.63) is 39.8 Å². The largest absolute Gasteiger partial charge is 0.326 e. The van der Waals surface area contributed by atoms with Crippen molar-refractivity contribution < 1.29 is 9.59 Å². The lowest BCUT2D eigenvalue weighted by Crippen LogP contribution is -2.27. The lowest BCUT2D eigenvalue weighted by molar-refractivity contribution is -0.123. The number of hydrogen-bond donors (Lipinski definition) is 3. The molecule has 6 nitrogen and oxygen atoms in total. The van der Waals surface area contributed by atoms with E-state index in [-0.39, 0.29) is 24.2 Å². The van der Waals surface area contributed by atoms with Gasteiger partial charge in [-0.2, -0.15) is 0 Å². The van der Waals surface area contributed by atoms with Crippen molar-refractivity contribution in [2.75, 3.05) is 10.6 Å². The molecule has 1 aromatic heterocycles. The summed E-state index contributed by atoms with van der Waals surface area (Å²) in [7, 11) is 0. The average molecular weight is 383 g/mol. The van der Waals surface area contributed by atoms with Crippen molar-refractivity contribution >= 4 is 46.9 Å². The fourth-order valence-electron chi connectivity index (χ4n) is 1.85. The standard InChI is InChI=1S/C17H22N4O2S.ClH/c1-10-5-6-11(19-16(23)17(2,3)4)7-12(10)21-15(22)13-9-24-14(8-18)20-13;/h5-7,9H,8,18H2,1-4H3,(H,19,23)(H,21,22);1H. The van der Waals surface area contributed by atoms with Crippen LogP contribution in [-0.2, 0) is 11.3 Å². The first kappa shape index (κ1) is 21.1. The molecule has 2 aromatic rings. The van der Waals surface area contributed by atoms with Crippen LogP contribution in [0.25, 0.3) is 0 Å². The van der Waals surface area contributed by atoms with Crippen molar-refractivity contribution in [3.8, 4) is 0 Å². The molecule has 0 aliphatic rings. The van der Waals surface area contributed by atoms with E-state index < -0.39 is 5.41 Å². The third-order valence-electron chi connectivity index (χ3n) is 3.38. The predicted octanol–water partition coefficient (Wildman–Crippen LogP) is 3.57. The summed E-state index contributed by atoms with van der Waals surface area (Å²) in [6.07, 6.45) is 0. The zero-order valence-electron chi connectivity index (χ0n) is 14.7. The third-order valence-corrected chi connectivity index (χ3v) is 4.25. The van der Waals surface area contributed by atoms with Crippen molar-refractivity contribution in [1.82, 2.24) is 4.98 Å². The van der Waals surface area contributed by atoms with Gasteiger partial charge in [0.05, 0.1) is 0 Å². The zero-order chi connectivity index (χ0) is 17.9. The lowest BCUT2D eigenvalue weighted by Gasteiger charge is -2.18. The Balaban J connectivity index is 0.00000312. The Bertz CT molecular complexity index is 768. The highest BCUT2D eigenvalue weighted by atomic mass is 35.5. The van der Waals surface area contributed by atoms with Crippen LogP contribution in [0.4, 0.5) is 11.4 Å². The van der Waals surface area contributed by atoms with Gasteiger partial charge in [0, 0.05) is 28.7 Å². The number of nitrogens with two attached hydrogens (primary N) is 1. The van der Waals surface area contributed by atoms with Gasteiger partial charge in [-0.05, 0) is 24.6 Å². The van der Waals surface area contributed by atoms with E-state index in [0.29, 0.717) is 28.6 Å². The highest BCUT2D eigenvalue weighted by Gasteiger charge is 2.21. The number of benzene rings is 1. The Kier molecular flexibility index (Phi) is 7.10. The van der Waals surface area contributed by atoms with Gasteiger partial charge in [-0.15, -0.1) is 23.7 Å². The van der Waals surface area contributed by atoms with Gasteiger partial charge in [0.1, 0.15) is 10.7 Å². The zero-order valence-corrected chi connectivity index (χ0v) is 16.3. The molecule has 0 aliphatic heterocycles. The monoisotopic (exact) mass is 382 g/mol. The fraction of sp³-hybridized carbons (Fsp3) is 0.353. The Morgan fingerprint density at radius 3 is 2.48 bits per heavy atom. The molecule has 0 saturated carbocycles. The molecule has 0 radical (unpaired) electrons. The smallest absolute Gasteiger partial charge is 0.275 e. The SMILES string of the molecule is Cc1ccc(NC(=O)C(C)(C)C)cc1NC(=O)c1csc(CN)n1.Cl. The lowest BCUT2D eigenvalue weighted by atomic mass is 9.95. The number of rotatable bonds is 4. The third kappa shape index (κ3) is 5.52. The quantitative estimate of drug-likeness (QED) is 0.752. The molecule has 25 heavy (non-hydrogen) atoms. The van der Waals surface area contributed by atoms with Crippen molar-refractivity contribution in [1.29, 1.82) is 0 Å². The average Bonchev–Trinajstić information content (AvgIpc) is 2.98. The number of aromatic nitrogens is 1. The molecule has 4 N–H and O–H groups in total. The number of halogens is 1. The van der Waals surface area contributed by atoms with E-state index in [0.717, 1.165) is 5.56 Å². The number of amides is 2. The molecule has 0 atom stereocenters. The molecule has 2 amide bonds. The highest BCUT2D eigenvalue weighted by molar-refractivity contribution is 7.09. The molecule has 136 valence electrons. The van der Waals surface area contributed by atoms with Crippen LogP contribution in [-0.4, -0.2) is 16.8 Å². The number of aryl methyl sites for hydroxylation is 1. The van der Waals surface area contributed by atoms with E-state index in [1.54, 1.807) is 11.4 Å². The number of thiazole rings is 1. The summed E-state index contributed by atoms with van der Waals surface area (Å²) >= 11 is 1.35. The number of anilines is 2. The molecular weight excluding hydrogens is 360 g/mol. The minimum Gasteiger partial charge on any atom is -0.326 e. The predicted molar refractivity (Wildman–Crippen MR) is 104 cm³/mol. The minimum absolute atomic E-state index is 0. The molecule has 1 heterocycles. The topological polar surface area (TPSA) is 97.1 Å². The van der Waals surface area contributed by atoms with Gasteiger partial charge >= 0.3 is 0 Å². The van der Waals surface area contributed by atoms with E-state index in [1.165, 1.54) is 11.3 Å². The maximum absolute atomic E-state index is 12.3. The molecule has 0 spiro atoms. The first-order valence-electron chi connectivity index (χ1n) is 7.58. The van der Waals surface area contributed by atoms with E-state index in [9.17, 15) is 9.59 Å². The first-order chi connectivity index (χ1) is 11.2. The van der Waals surface area contributed by atoms with Gasteiger partial charge in [0.2, 0.25) is 5.91 Å². The van der Waals surface area contributed by atoms with E-state index >= 15 is 0 Å². The molecule has 8 heteroatoms. The second-order valence-corrected chi connectivity index (χ2v) is 7.46. The van der Waals surface area contributed by atoms with Gasteiger partial charge in [-0.25, -0.2) is 4.98 Å². The molecule has 0 aliphatic carbocycles. The van der Waals surface area contributed by atoms with Gasteiger partial charge in [-0.3, -0.25) is 9.59 Å². The van der Waals surface area contributed by atoms with Gasteiger partial charge < -0.3 is 16.4 Å². The van der Waals surface area contributed by atoms with Crippen LogP contribution in [0.3, 0.4) is 0 Å². The summed E-state index contributed by atoms with van der Waals surface area (Å²) in [5, 5.41) is 8.07. The van der Waals surface area contributed by atoms with Crippen LogP contribution in [0.1, 0.15) is 41.8 Å². The normalized spacial score (nSPS) is 10.8. The van der Waals surface area contributed by atoms with E-state index in [2.05, 4.69) is 15.6 Å². The maximum Gasteiger partial charge on any atom is 0.275 e. The molecular formula is C17H23ClN4O2S. The highest BCUT2D eigenvalue weighted by Crippen LogP contribution is 2.23. The Morgan fingerprint density at radius 1 is 1.24 bits per heavy atom. The number of carbonyl (C=O) groups is 2. The molecule has 2 rings (SSSR count). The van der Waals surface area contributed by atoms with Crippen LogP contribution < -0.4 is 16.4 Å². The Labute approximate surface area is 157 Å². The summed E-state index contributed by atoms with van der Waals surface area (Å²) in [6, 6.07) is 5.40. The summed E-state index contributed by atoms with van der Waals surface area (Å²) in [6.45, 7) is 7.73. The van der Waals surface area contributed by atoms with Gasteiger partial charge in [0.25, 0.3) is 5.91 Å². The van der Waals surface area contributed by atoms with Crippen LogP contribution in [0.15, 0.2) is 23.6 Å². The second kappa shape index (κ2) is 8.42. The Hall–Kier alpha value is -1.96. The van der Waals surface area contributed by atoms with Crippen LogP contribution in [0.5, 0.6) is 0 Å². The van der Waals surface area contributed by atoms with Crippen LogP contribution >= 0.6 is 23.7 Å². The molecule has 1 aromatic carbocycles. The fourth-order valence-corrected chi connectivity index (χ4v) is 2.50. The molecule has 0 bridgehead atoms. The molecule has 0 saturated heterocycles. The number of hydrogen-bond acceptors (Lipinski definition) is 5. The molecule has 0 fully saturated rings. The first-order valence-corrected chi connectivity index (χ1v) is 8.46. The van der Waals surface area contributed by atoms with E-state index in [4.69, 9.17) is 5.73 Å².